The van der Waals surface area contributed by atoms with Crippen LogP contribution in [0.4, 0.5) is 0 Å². The minimum atomic E-state index is -3.89. The maximum Gasteiger partial charge on any atom is 0.354 e. The molecule has 3 aliphatic heterocycles. The second-order valence-electron chi connectivity index (χ2n) is 12.3. The Hall–Kier alpha value is -3.72. The first-order chi connectivity index (χ1) is 21.3. The Morgan fingerprint density at radius 3 is 2.50 bits per heavy atom. The number of esters is 1. The number of piperidine rings is 1. The van der Waals surface area contributed by atoms with Crippen molar-refractivity contribution in [2.75, 3.05) is 19.7 Å². The van der Waals surface area contributed by atoms with Gasteiger partial charge >= 0.3 is 5.97 Å². The first-order valence-corrected chi connectivity index (χ1v) is 17.3. The fourth-order valence-corrected chi connectivity index (χ4v) is 9.10. The topological polar surface area (TPSA) is 80.6 Å². The second kappa shape index (κ2) is 11.3. The minimum Gasteiger partial charge on any atom is -0.461 e. The summed E-state index contributed by atoms with van der Waals surface area (Å²) in [6.45, 7) is 6.29. The van der Waals surface area contributed by atoms with E-state index in [0.29, 0.717) is 18.7 Å². The molecule has 0 spiro atoms. The number of hydrogen-bond donors (Lipinski definition) is 1. The van der Waals surface area contributed by atoms with Crippen molar-refractivity contribution >= 4 is 32.6 Å². The van der Waals surface area contributed by atoms with Crippen molar-refractivity contribution in [1.29, 1.82) is 0 Å². The molecule has 1 saturated heterocycles. The van der Waals surface area contributed by atoms with Crippen molar-refractivity contribution in [3.05, 3.63) is 107 Å². The van der Waals surface area contributed by atoms with Crippen molar-refractivity contribution in [2.45, 2.75) is 62.9 Å². The summed E-state index contributed by atoms with van der Waals surface area (Å²) in [6.07, 6.45) is 6.53. The van der Waals surface area contributed by atoms with Gasteiger partial charge < -0.3 is 9.30 Å². The van der Waals surface area contributed by atoms with E-state index in [1.807, 2.05) is 79.7 Å². The summed E-state index contributed by atoms with van der Waals surface area (Å²) >= 11 is 0. The van der Waals surface area contributed by atoms with Gasteiger partial charge in [-0.1, -0.05) is 67.6 Å². The van der Waals surface area contributed by atoms with Crippen molar-refractivity contribution < 1.29 is 17.9 Å². The van der Waals surface area contributed by atoms with E-state index in [1.165, 1.54) is 0 Å². The zero-order valence-electron chi connectivity index (χ0n) is 25.3. The van der Waals surface area contributed by atoms with E-state index in [-0.39, 0.29) is 22.3 Å². The number of hydrogen-bond acceptors (Lipinski definition) is 5. The van der Waals surface area contributed by atoms with Crippen LogP contribution in [0.5, 0.6) is 0 Å². The number of ether oxygens (including phenoxy) is 1. The molecule has 44 heavy (non-hydrogen) atoms. The summed E-state index contributed by atoms with van der Waals surface area (Å²) in [6, 6.07) is 24.8. The summed E-state index contributed by atoms with van der Waals surface area (Å²) in [7, 11) is -3.89. The quantitative estimate of drug-likeness (QED) is 0.222. The predicted molar refractivity (Wildman–Crippen MR) is 172 cm³/mol. The fraction of sp³-hybridized carbons (Fsp3) is 0.361. The highest BCUT2D eigenvalue weighted by Gasteiger charge is 2.51. The maximum absolute atomic E-state index is 14.1. The van der Waals surface area contributed by atoms with E-state index in [0.717, 1.165) is 72.1 Å². The van der Waals surface area contributed by atoms with Crippen LogP contribution in [0.1, 0.15) is 67.6 Å². The lowest BCUT2D eigenvalue weighted by atomic mass is 9.66. The first-order valence-electron chi connectivity index (χ1n) is 15.8. The Balaban J connectivity index is 1.33. The molecule has 228 valence electrons. The number of sulfonamides is 1. The summed E-state index contributed by atoms with van der Waals surface area (Å²) in [5, 5.41) is 0.898. The normalized spacial score (nSPS) is 21.9. The molecule has 1 fully saturated rings. The van der Waals surface area contributed by atoms with Gasteiger partial charge in [0.15, 0.2) is 0 Å². The van der Waals surface area contributed by atoms with Gasteiger partial charge in [-0.3, -0.25) is 4.90 Å². The summed E-state index contributed by atoms with van der Waals surface area (Å²) in [5.74, 6) is -0.328. The molecule has 1 N–H and O–H groups in total. The van der Waals surface area contributed by atoms with Crippen LogP contribution in [0.3, 0.4) is 0 Å². The number of nitrogens with zero attached hydrogens (tertiary/aromatic N) is 2. The Labute approximate surface area is 259 Å². The van der Waals surface area contributed by atoms with Crippen LogP contribution in [0.15, 0.2) is 89.8 Å². The highest BCUT2D eigenvalue weighted by atomic mass is 32.2. The average molecular weight is 610 g/mol. The van der Waals surface area contributed by atoms with Crippen LogP contribution in [0.2, 0.25) is 0 Å². The second-order valence-corrected chi connectivity index (χ2v) is 14.0. The lowest BCUT2D eigenvalue weighted by Gasteiger charge is -2.53. The van der Waals surface area contributed by atoms with Crippen LogP contribution < -0.4 is 4.72 Å². The number of fused-ring (bicyclic) bond motifs is 3. The van der Waals surface area contributed by atoms with E-state index in [9.17, 15) is 13.2 Å². The molecule has 1 aromatic heterocycles. The minimum absolute atomic E-state index is 0.155. The molecule has 4 heterocycles. The lowest BCUT2D eigenvalue weighted by Crippen LogP contribution is -2.51. The van der Waals surface area contributed by atoms with Crippen LogP contribution in [0, 0.1) is 5.41 Å². The van der Waals surface area contributed by atoms with Crippen LogP contribution in [-0.2, 0) is 32.4 Å². The summed E-state index contributed by atoms with van der Waals surface area (Å²) in [5.41, 5.74) is 5.50. The van der Waals surface area contributed by atoms with E-state index in [1.54, 1.807) is 6.07 Å². The molecule has 3 atom stereocenters. The van der Waals surface area contributed by atoms with Crippen molar-refractivity contribution in [3.8, 4) is 0 Å². The molecular weight excluding hydrogens is 570 g/mol. The Bertz CT molecular complexity index is 1850. The number of nitrogens with one attached hydrogen (secondary N) is 1. The standard InChI is InChI=1S/C36H39N3O4S/c1-3-36-19-11-20-38-21-18-28-29-23-27(16-17-31(29)39(33(28)34(36)38)32(24-36)35(40)43-4-2)44(41,42)37-30(26-14-9-6-10-15-26)22-25-12-7-5-8-13-25/h5-10,12-17,23-24,30,34,37H,3-4,11,18-22H2,1-2H3/t30?,34-,36+/m1/s1. The van der Waals surface area contributed by atoms with E-state index in [4.69, 9.17) is 4.74 Å². The van der Waals surface area contributed by atoms with Crippen molar-refractivity contribution in [1.82, 2.24) is 14.2 Å². The third-order valence-corrected chi connectivity index (χ3v) is 11.4. The summed E-state index contributed by atoms with van der Waals surface area (Å²) in [4.78, 5) is 16.2. The molecule has 7 nitrogen and oxygen atoms in total. The molecule has 3 aliphatic rings. The third kappa shape index (κ3) is 4.80. The van der Waals surface area contributed by atoms with Gasteiger partial charge in [0.2, 0.25) is 10.0 Å². The van der Waals surface area contributed by atoms with Gasteiger partial charge in [-0.05, 0) is 86.5 Å². The fourth-order valence-electron chi connectivity index (χ4n) is 7.85. The van der Waals surface area contributed by atoms with Crippen molar-refractivity contribution in [3.63, 3.8) is 0 Å². The number of benzene rings is 3. The molecule has 1 unspecified atom stereocenters. The van der Waals surface area contributed by atoms with Crippen molar-refractivity contribution in [2.24, 2.45) is 5.41 Å². The average Bonchev–Trinajstić information content (AvgIpc) is 3.39. The molecule has 0 radical (unpaired) electrons. The molecule has 3 aromatic carbocycles. The zero-order valence-corrected chi connectivity index (χ0v) is 26.1. The van der Waals surface area contributed by atoms with Gasteiger partial charge in [-0.2, -0.15) is 0 Å². The number of carbonyl (C=O) groups is 1. The third-order valence-electron chi connectivity index (χ3n) is 9.89. The molecule has 0 saturated carbocycles. The van der Waals surface area contributed by atoms with E-state index < -0.39 is 16.1 Å². The number of rotatable bonds is 9. The molecule has 4 aromatic rings. The molecule has 0 aliphatic carbocycles. The molecule has 0 bridgehead atoms. The van der Waals surface area contributed by atoms with Gasteiger partial charge in [0, 0.05) is 23.0 Å². The van der Waals surface area contributed by atoms with Gasteiger partial charge in [0.1, 0.15) is 5.70 Å². The van der Waals surface area contributed by atoms with Gasteiger partial charge in [-0.25, -0.2) is 17.9 Å². The molecule has 7 rings (SSSR count). The Morgan fingerprint density at radius 2 is 1.77 bits per heavy atom. The molecule has 0 amide bonds. The Morgan fingerprint density at radius 1 is 1.02 bits per heavy atom. The molecule has 8 heteroatoms. The van der Waals surface area contributed by atoms with E-state index in [2.05, 4.69) is 27.2 Å². The predicted octanol–water partition coefficient (Wildman–Crippen LogP) is 6.41. The lowest BCUT2D eigenvalue weighted by molar-refractivity contribution is -0.136. The Kier molecular flexibility index (Phi) is 7.47. The number of aromatic nitrogens is 1. The summed E-state index contributed by atoms with van der Waals surface area (Å²) < 4.78 is 38.8. The number of carbonyl (C=O) groups excluding carboxylic acids is 1. The van der Waals surface area contributed by atoms with Crippen LogP contribution >= 0.6 is 0 Å². The largest absolute Gasteiger partial charge is 0.461 e. The maximum atomic E-state index is 14.1. The van der Waals surface area contributed by atoms with Gasteiger partial charge in [-0.15, -0.1) is 0 Å². The monoisotopic (exact) mass is 609 g/mol. The van der Waals surface area contributed by atoms with Crippen LogP contribution in [0.25, 0.3) is 16.6 Å². The highest BCUT2D eigenvalue weighted by Crippen LogP contribution is 2.57. The SMILES string of the molecule is CCOC(=O)C1=C[C@]2(CC)CCCN3CCc4c(n1c1ccc(S(=O)(=O)NC(Cc5ccccc5)c5ccccc5)cc41)[C@@H]32. The van der Waals surface area contributed by atoms with Crippen LogP contribution in [-0.4, -0.2) is 43.6 Å². The highest BCUT2D eigenvalue weighted by molar-refractivity contribution is 7.89. The van der Waals surface area contributed by atoms with E-state index >= 15 is 0 Å². The van der Waals surface area contributed by atoms with Gasteiger partial charge in [0.05, 0.1) is 29.1 Å². The van der Waals surface area contributed by atoms with Gasteiger partial charge in [0.25, 0.3) is 0 Å². The smallest absolute Gasteiger partial charge is 0.354 e. The molecular formula is C36H39N3O4S. The first kappa shape index (κ1) is 29.0. The zero-order chi connectivity index (χ0) is 30.5.